The van der Waals surface area contributed by atoms with Crippen LogP contribution in [0.3, 0.4) is 0 Å². The summed E-state index contributed by atoms with van der Waals surface area (Å²) in [5, 5.41) is 0. The number of ketones is 1. The number of carbonyl (C=O) groups is 2. The molecule has 0 unspecified atom stereocenters. The molecule has 0 atom stereocenters. The number of pyridine rings is 1. The van der Waals surface area contributed by atoms with Gasteiger partial charge in [0.15, 0.2) is 5.78 Å². The molecular formula is C11H12N2O2. The quantitative estimate of drug-likeness (QED) is 0.680. The number of aryl methyl sites for hydroxylation is 1. The van der Waals surface area contributed by atoms with Crippen LogP contribution in [0.15, 0.2) is 18.3 Å². The van der Waals surface area contributed by atoms with Gasteiger partial charge in [-0.3, -0.25) is 14.6 Å². The van der Waals surface area contributed by atoms with E-state index in [1.54, 1.807) is 17.2 Å². The van der Waals surface area contributed by atoms with Gasteiger partial charge in [0.1, 0.15) is 5.69 Å². The minimum Gasteiger partial charge on any atom is -0.330 e. The summed E-state index contributed by atoms with van der Waals surface area (Å²) in [6, 6.07) is 3.64. The van der Waals surface area contributed by atoms with E-state index in [1.807, 2.05) is 13.0 Å². The number of aromatic nitrogens is 1. The number of carbonyl (C=O) groups excluding carboxylic acids is 2. The van der Waals surface area contributed by atoms with E-state index >= 15 is 0 Å². The third-order valence-corrected chi connectivity index (χ3v) is 2.53. The number of rotatable bonds is 1. The largest absolute Gasteiger partial charge is 0.330 e. The van der Waals surface area contributed by atoms with Gasteiger partial charge in [-0.1, -0.05) is 6.07 Å². The van der Waals surface area contributed by atoms with Gasteiger partial charge in [0.25, 0.3) is 5.91 Å². The van der Waals surface area contributed by atoms with Gasteiger partial charge in [-0.05, 0) is 18.6 Å². The van der Waals surface area contributed by atoms with Gasteiger partial charge in [0, 0.05) is 19.2 Å². The molecule has 0 saturated carbocycles. The first-order valence-corrected chi connectivity index (χ1v) is 4.91. The Hall–Kier alpha value is -1.71. The van der Waals surface area contributed by atoms with Gasteiger partial charge in [-0.15, -0.1) is 0 Å². The van der Waals surface area contributed by atoms with Crippen LogP contribution in [0.2, 0.25) is 0 Å². The van der Waals surface area contributed by atoms with Crippen molar-refractivity contribution in [2.24, 2.45) is 0 Å². The molecule has 78 valence electrons. The lowest BCUT2D eigenvalue weighted by atomic mass is 10.2. The maximum atomic E-state index is 11.9. The van der Waals surface area contributed by atoms with E-state index in [0.717, 1.165) is 5.56 Å². The zero-order chi connectivity index (χ0) is 10.8. The van der Waals surface area contributed by atoms with E-state index in [4.69, 9.17) is 0 Å². The smallest absolute Gasteiger partial charge is 0.273 e. The van der Waals surface area contributed by atoms with Crippen molar-refractivity contribution in [3.8, 4) is 0 Å². The SMILES string of the molecule is Cc1cccnc1C(=O)N1CCC(=O)C1. The van der Waals surface area contributed by atoms with E-state index < -0.39 is 0 Å². The second-order valence-corrected chi connectivity index (χ2v) is 3.68. The van der Waals surface area contributed by atoms with Crippen molar-refractivity contribution in [3.63, 3.8) is 0 Å². The lowest BCUT2D eigenvalue weighted by molar-refractivity contribution is -0.116. The highest BCUT2D eigenvalue weighted by atomic mass is 16.2. The molecule has 15 heavy (non-hydrogen) atoms. The first kappa shape index (κ1) is 9.83. The molecule has 0 aromatic carbocycles. The van der Waals surface area contributed by atoms with E-state index in [0.29, 0.717) is 18.7 Å². The van der Waals surface area contributed by atoms with Crippen LogP contribution >= 0.6 is 0 Å². The molecular weight excluding hydrogens is 192 g/mol. The van der Waals surface area contributed by atoms with Crippen LogP contribution < -0.4 is 0 Å². The Morgan fingerprint density at radius 3 is 2.93 bits per heavy atom. The average molecular weight is 204 g/mol. The highest BCUT2D eigenvalue weighted by Gasteiger charge is 2.26. The Morgan fingerprint density at radius 2 is 2.33 bits per heavy atom. The van der Waals surface area contributed by atoms with Crippen molar-refractivity contribution in [2.45, 2.75) is 13.3 Å². The first-order chi connectivity index (χ1) is 7.18. The Kier molecular flexibility index (Phi) is 2.49. The fraction of sp³-hybridized carbons (Fsp3) is 0.364. The zero-order valence-electron chi connectivity index (χ0n) is 8.56. The minimum atomic E-state index is -0.140. The second-order valence-electron chi connectivity index (χ2n) is 3.68. The topological polar surface area (TPSA) is 50.3 Å². The van der Waals surface area contributed by atoms with Gasteiger partial charge in [-0.25, -0.2) is 0 Å². The second kappa shape index (κ2) is 3.81. The summed E-state index contributed by atoms with van der Waals surface area (Å²) < 4.78 is 0. The Labute approximate surface area is 87.9 Å². The van der Waals surface area contributed by atoms with Crippen LogP contribution in [0.5, 0.6) is 0 Å². The maximum absolute atomic E-state index is 11.9. The average Bonchev–Trinajstić information content (AvgIpc) is 2.65. The van der Waals surface area contributed by atoms with Crippen LogP contribution in [0.1, 0.15) is 22.5 Å². The van der Waals surface area contributed by atoms with Crippen molar-refractivity contribution < 1.29 is 9.59 Å². The third-order valence-electron chi connectivity index (χ3n) is 2.53. The summed E-state index contributed by atoms with van der Waals surface area (Å²) in [5.74, 6) is -0.0177. The van der Waals surface area contributed by atoms with E-state index in [1.165, 1.54) is 0 Å². The van der Waals surface area contributed by atoms with Crippen molar-refractivity contribution in [2.75, 3.05) is 13.1 Å². The van der Waals surface area contributed by atoms with Crippen molar-refractivity contribution >= 4 is 11.7 Å². The summed E-state index contributed by atoms with van der Waals surface area (Å²) in [6.45, 7) is 2.60. The number of nitrogens with zero attached hydrogens (tertiary/aromatic N) is 2. The molecule has 0 aliphatic carbocycles. The van der Waals surface area contributed by atoms with Crippen molar-refractivity contribution in [1.82, 2.24) is 9.88 Å². The molecule has 0 spiro atoms. The minimum absolute atomic E-state index is 0.122. The number of hydrogen-bond donors (Lipinski definition) is 0. The van der Waals surface area contributed by atoms with Crippen LogP contribution in [0.4, 0.5) is 0 Å². The molecule has 0 bridgehead atoms. The van der Waals surface area contributed by atoms with Gasteiger partial charge in [0.05, 0.1) is 6.54 Å². The molecule has 4 nitrogen and oxygen atoms in total. The van der Waals surface area contributed by atoms with E-state index in [-0.39, 0.29) is 18.2 Å². The van der Waals surface area contributed by atoms with Crippen LogP contribution in [-0.2, 0) is 4.79 Å². The van der Waals surface area contributed by atoms with Gasteiger partial charge in [-0.2, -0.15) is 0 Å². The summed E-state index contributed by atoms with van der Waals surface area (Å²) in [7, 11) is 0. The Bertz CT molecular complexity index is 415. The maximum Gasteiger partial charge on any atom is 0.273 e. The zero-order valence-corrected chi connectivity index (χ0v) is 8.56. The van der Waals surface area contributed by atoms with Crippen molar-refractivity contribution in [1.29, 1.82) is 0 Å². The van der Waals surface area contributed by atoms with Gasteiger partial charge < -0.3 is 4.90 Å². The van der Waals surface area contributed by atoms with Crippen molar-refractivity contribution in [3.05, 3.63) is 29.6 Å². The molecule has 1 aromatic rings. The fourth-order valence-electron chi connectivity index (χ4n) is 1.66. The summed E-state index contributed by atoms with van der Waals surface area (Å²) in [6.07, 6.45) is 2.07. The predicted molar refractivity (Wildman–Crippen MR) is 54.5 cm³/mol. The first-order valence-electron chi connectivity index (χ1n) is 4.91. The highest BCUT2D eigenvalue weighted by Crippen LogP contribution is 2.11. The molecule has 0 radical (unpaired) electrons. The number of amides is 1. The van der Waals surface area contributed by atoms with Crippen LogP contribution in [0, 0.1) is 6.92 Å². The molecule has 1 aliphatic heterocycles. The molecule has 2 rings (SSSR count). The number of Topliss-reactive ketones (excluding diaryl/α,β-unsaturated/α-hetero) is 1. The lowest BCUT2D eigenvalue weighted by Gasteiger charge is -2.14. The van der Waals surface area contributed by atoms with Crippen LogP contribution in [-0.4, -0.2) is 34.7 Å². The standard InChI is InChI=1S/C11H12N2O2/c1-8-3-2-5-12-10(8)11(15)13-6-4-9(14)7-13/h2-3,5H,4,6-7H2,1H3. The summed E-state index contributed by atoms with van der Waals surface area (Å²) in [5.41, 5.74) is 1.30. The summed E-state index contributed by atoms with van der Waals surface area (Å²) in [4.78, 5) is 28.6. The fourth-order valence-corrected chi connectivity index (χ4v) is 1.66. The molecule has 1 amide bonds. The molecule has 4 heteroatoms. The highest BCUT2D eigenvalue weighted by molar-refractivity contribution is 5.98. The third kappa shape index (κ3) is 1.88. The Morgan fingerprint density at radius 1 is 1.53 bits per heavy atom. The molecule has 1 saturated heterocycles. The van der Waals surface area contributed by atoms with E-state index in [2.05, 4.69) is 4.98 Å². The van der Waals surface area contributed by atoms with Gasteiger partial charge >= 0.3 is 0 Å². The van der Waals surface area contributed by atoms with Gasteiger partial charge in [0.2, 0.25) is 0 Å². The normalized spacial score (nSPS) is 15.8. The molecule has 2 heterocycles. The van der Waals surface area contributed by atoms with E-state index in [9.17, 15) is 9.59 Å². The number of hydrogen-bond acceptors (Lipinski definition) is 3. The molecule has 0 N–H and O–H groups in total. The number of likely N-dealkylation sites (tertiary alicyclic amines) is 1. The lowest BCUT2D eigenvalue weighted by Crippen LogP contribution is -2.30. The monoisotopic (exact) mass is 204 g/mol. The molecule has 1 aromatic heterocycles. The molecule has 1 aliphatic rings. The summed E-state index contributed by atoms with van der Waals surface area (Å²) >= 11 is 0. The predicted octanol–water partition coefficient (Wildman–Crippen LogP) is 0.805. The molecule has 1 fully saturated rings. The Balaban J connectivity index is 2.21. The van der Waals surface area contributed by atoms with Crippen LogP contribution in [0.25, 0.3) is 0 Å².